The summed E-state index contributed by atoms with van der Waals surface area (Å²) in [5, 5.41) is 36.7. The van der Waals surface area contributed by atoms with Crippen molar-refractivity contribution >= 4 is 17.8 Å². The van der Waals surface area contributed by atoms with Gasteiger partial charge in [-0.25, -0.2) is 9.78 Å². The molecule has 6 N–H and O–H groups in total. The van der Waals surface area contributed by atoms with E-state index in [-0.39, 0.29) is 25.4 Å². The highest BCUT2D eigenvalue weighted by atomic mass is 19.4. The lowest BCUT2D eigenvalue weighted by Crippen LogP contribution is -2.58. The average Bonchev–Trinajstić information content (AvgIpc) is 2.73. The molecular formula is C18H26F3N5O6. The number of unbranched alkanes of at least 4 members (excludes halogenated alkanes) is 2. The molecule has 2 heterocycles. The van der Waals surface area contributed by atoms with Gasteiger partial charge in [-0.1, -0.05) is 6.42 Å². The van der Waals surface area contributed by atoms with E-state index in [4.69, 9.17) is 9.84 Å². The van der Waals surface area contributed by atoms with E-state index in [0.717, 1.165) is 6.20 Å². The van der Waals surface area contributed by atoms with Crippen LogP contribution in [0.2, 0.25) is 0 Å². The summed E-state index contributed by atoms with van der Waals surface area (Å²) >= 11 is 0. The fourth-order valence-corrected chi connectivity index (χ4v) is 2.99. The zero-order chi connectivity index (χ0) is 23.7. The van der Waals surface area contributed by atoms with E-state index < -0.39 is 48.2 Å². The number of urea groups is 1. The van der Waals surface area contributed by atoms with Gasteiger partial charge in [-0.2, -0.15) is 13.2 Å². The first kappa shape index (κ1) is 25.5. The molecular weight excluding hydrogens is 439 g/mol. The molecule has 0 aliphatic carbocycles. The van der Waals surface area contributed by atoms with Crippen molar-refractivity contribution in [1.82, 2.24) is 20.6 Å². The van der Waals surface area contributed by atoms with Crippen LogP contribution in [-0.2, 0) is 15.7 Å². The molecule has 1 aromatic rings. The van der Waals surface area contributed by atoms with Crippen LogP contribution in [0.15, 0.2) is 12.4 Å². The summed E-state index contributed by atoms with van der Waals surface area (Å²) in [6.45, 7) is 0.0685. The summed E-state index contributed by atoms with van der Waals surface area (Å²) in [4.78, 5) is 29.1. The number of hydrogen-bond acceptors (Lipinski definition) is 8. The number of carbonyl (C=O) groups excluding carboxylic acids is 1. The Kier molecular flexibility index (Phi) is 9.41. The van der Waals surface area contributed by atoms with Gasteiger partial charge in [0.05, 0.1) is 25.0 Å². The Morgan fingerprint density at radius 2 is 1.88 bits per heavy atom. The second-order valence-corrected chi connectivity index (χ2v) is 7.23. The molecule has 1 aliphatic rings. The highest BCUT2D eigenvalue weighted by Crippen LogP contribution is 2.28. The number of carbonyl (C=O) groups is 2. The van der Waals surface area contributed by atoms with Crippen LogP contribution in [0.3, 0.4) is 0 Å². The molecule has 11 nitrogen and oxygen atoms in total. The van der Waals surface area contributed by atoms with Crippen LogP contribution in [0.5, 0.6) is 0 Å². The number of anilines is 1. The number of ether oxygens (including phenoxy) is 1. The van der Waals surface area contributed by atoms with Gasteiger partial charge < -0.3 is 36.0 Å². The van der Waals surface area contributed by atoms with Crippen LogP contribution >= 0.6 is 0 Å². The van der Waals surface area contributed by atoms with E-state index in [2.05, 4.69) is 25.9 Å². The number of aromatic nitrogens is 2. The van der Waals surface area contributed by atoms with Crippen molar-refractivity contribution in [3.05, 3.63) is 18.1 Å². The molecule has 0 bridgehead atoms. The predicted molar refractivity (Wildman–Crippen MR) is 104 cm³/mol. The van der Waals surface area contributed by atoms with Crippen molar-refractivity contribution < 1.29 is 42.8 Å². The molecule has 0 spiro atoms. The van der Waals surface area contributed by atoms with Crippen molar-refractivity contribution in [2.24, 2.45) is 0 Å². The maximum atomic E-state index is 12.7. The minimum Gasteiger partial charge on any atom is -0.481 e. The van der Waals surface area contributed by atoms with Gasteiger partial charge in [0, 0.05) is 19.5 Å². The van der Waals surface area contributed by atoms with Crippen LogP contribution in [-0.4, -0.2) is 81.3 Å². The van der Waals surface area contributed by atoms with Crippen LogP contribution in [0.4, 0.5) is 23.8 Å². The number of amides is 2. The molecule has 1 saturated heterocycles. The van der Waals surface area contributed by atoms with Crippen LogP contribution in [0.1, 0.15) is 31.4 Å². The number of rotatable bonds is 10. The molecule has 180 valence electrons. The molecule has 1 fully saturated rings. The number of aliphatic carboxylic acids is 1. The number of aliphatic hydroxyl groups excluding tert-OH is 2. The highest BCUT2D eigenvalue weighted by molar-refractivity contribution is 5.73. The summed E-state index contributed by atoms with van der Waals surface area (Å²) < 4.78 is 43.7. The maximum absolute atomic E-state index is 12.7. The Morgan fingerprint density at radius 1 is 1.12 bits per heavy atom. The molecule has 32 heavy (non-hydrogen) atoms. The maximum Gasteiger partial charge on any atom is 0.434 e. The van der Waals surface area contributed by atoms with Crippen LogP contribution in [0, 0.1) is 0 Å². The number of carboxylic acids is 1. The zero-order valence-corrected chi connectivity index (χ0v) is 17.0. The molecule has 0 saturated carbocycles. The summed E-state index contributed by atoms with van der Waals surface area (Å²) in [5.74, 6) is -1.11. The van der Waals surface area contributed by atoms with Crippen molar-refractivity contribution in [3.8, 4) is 0 Å². The number of halogens is 3. The number of nitrogens with zero attached hydrogens (tertiary/aromatic N) is 2. The first-order valence-electron chi connectivity index (χ1n) is 9.95. The molecule has 0 radical (unpaired) electrons. The van der Waals surface area contributed by atoms with Gasteiger partial charge in [0.2, 0.25) is 0 Å². The molecule has 1 aliphatic heterocycles. The van der Waals surface area contributed by atoms with E-state index in [1.54, 1.807) is 0 Å². The standard InChI is InChI=1S/C18H26F3N5O6/c19-18(20,21)12-7-22-8-13(26-12)25-10-9-32-11(16(30)15(10)29)6-24-17(31)23-5-3-1-2-4-14(27)28/h7-8,10-11,15-16,29-30H,1-6,9H2,(H,25,26)(H,27,28)(H2,23,24,31)/t10-,11+,15+,16-/m0/s1. The Labute approximate surface area is 181 Å². The summed E-state index contributed by atoms with van der Waals surface area (Å²) in [6.07, 6.45) is -4.98. The quantitative estimate of drug-likeness (QED) is 0.267. The van der Waals surface area contributed by atoms with Gasteiger partial charge in [0.15, 0.2) is 5.69 Å². The summed E-state index contributed by atoms with van der Waals surface area (Å²) in [5.41, 5.74) is -1.20. The Hall–Kier alpha value is -2.71. The normalized spacial score (nSPS) is 23.4. The van der Waals surface area contributed by atoms with Gasteiger partial charge in [-0.15, -0.1) is 0 Å². The van der Waals surface area contributed by atoms with Crippen molar-refractivity contribution in [2.75, 3.05) is 25.0 Å². The zero-order valence-electron chi connectivity index (χ0n) is 17.0. The second kappa shape index (κ2) is 11.8. The first-order valence-corrected chi connectivity index (χ1v) is 9.95. The van der Waals surface area contributed by atoms with Gasteiger partial charge in [-0.05, 0) is 12.8 Å². The number of hydrogen-bond donors (Lipinski definition) is 6. The number of alkyl halides is 3. The van der Waals surface area contributed by atoms with Gasteiger partial charge in [0.25, 0.3) is 0 Å². The third kappa shape index (κ3) is 8.09. The molecule has 2 rings (SSSR count). The molecule has 1 aromatic heterocycles. The smallest absolute Gasteiger partial charge is 0.434 e. The number of aliphatic hydroxyl groups is 2. The van der Waals surface area contributed by atoms with Crippen LogP contribution in [0.25, 0.3) is 0 Å². The minimum atomic E-state index is -4.68. The second-order valence-electron chi connectivity index (χ2n) is 7.23. The molecule has 14 heteroatoms. The summed E-state index contributed by atoms with van der Waals surface area (Å²) in [7, 11) is 0. The van der Waals surface area contributed by atoms with E-state index in [0.29, 0.717) is 32.0 Å². The Bertz CT molecular complexity index is 769. The van der Waals surface area contributed by atoms with Crippen LogP contribution < -0.4 is 16.0 Å². The van der Waals surface area contributed by atoms with Gasteiger partial charge in [-0.3, -0.25) is 9.78 Å². The van der Waals surface area contributed by atoms with Crippen molar-refractivity contribution in [3.63, 3.8) is 0 Å². The lowest BCUT2D eigenvalue weighted by atomic mass is 9.98. The minimum absolute atomic E-state index is 0.0711. The first-order chi connectivity index (χ1) is 15.1. The summed E-state index contributed by atoms with van der Waals surface area (Å²) in [6, 6.07) is -1.47. The lowest BCUT2D eigenvalue weighted by Gasteiger charge is -2.38. The largest absolute Gasteiger partial charge is 0.481 e. The third-order valence-corrected chi connectivity index (χ3v) is 4.71. The Balaban J connectivity index is 1.74. The fraction of sp³-hybridized carbons (Fsp3) is 0.667. The van der Waals surface area contributed by atoms with Gasteiger partial charge >= 0.3 is 18.2 Å². The molecule has 4 atom stereocenters. The van der Waals surface area contributed by atoms with Gasteiger partial charge in [0.1, 0.15) is 24.1 Å². The topological polar surface area (TPSA) is 166 Å². The van der Waals surface area contributed by atoms with Crippen molar-refractivity contribution in [1.29, 1.82) is 0 Å². The molecule has 0 unspecified atom stereocenters. The fourth-order valence-electron chi connectivity index (χ4n) is 2.99. The van der Waals surface area contributed by atoms with Crippen molar-refractivity contribution in [2.45, 2.75) is 56.2 Å². The lowest BCUT2D eigenvalue weighted by molar-refractivity contribution is -0.141. The molecule has 0 aromatic carbocycles. The number of nitrogens with one attached hydrogen (secondary N) is 3. The predicted octanol–water partition coefficient (Wildman–Crippen LogP) is 0.341. The SMILES string of the molecule is O=C(O)CCCCCNC(=O)NC[C@H]1OC[C@H](Nc2cncc(C(F)(F)F)n2)[C@@H](O)[C@H]1O. The third-order valence-electron chi connectivity index (χ3n) is 4.71. The van der Waals surface area contributed by atoms with E-state index in [1.165, 1.54) is 0 Å². The van der Waals surface area contributed by atoms with E-state index in [1.807, 2.05) is 0 Å². The molecule has 2 amide bonds. The van der Waals surface area contributed by atoms with E-state index in [9.17, 15) is 33.0 Å². The van der Waals surface area contributed by atoms with E-state index >= 15 is 0 Å². The average molecular weight is 465 g/mol. The monoisotopic (exact) mass is 465 g/mol. The Morgan fingerprint density at radius 3 is 2.56 bits per heavy atom. The number of carboxylic acid groups (broad SMARTS) is 1. The highest BCUT2D eigenvalue weighted by Gasteiger charge is 2.39.